The number of aromatic hydroxyl groups is 1. The van der Waals surface area contributed by atoms with Crippen LogP contribution < -0.4 is 9.57 Å². The molecular weight excluding hydrogens is 352 g/mol. The first kappa shape index (κ1) is 19.8. The number of nitrogens with zero attached hydrogens (tertiary/aromatic N) is 1. The third-order valence-electron chi connectivity index (χ3n) is 4.30. The van der Waals surface area contributed by atoms with Crippen molar-refractivity contribution in [3.05, 3.63) is 53.6 Å². The van der Waals surface area contributed by atoms with Gasteiger partial charge in [0.2, 0.25) is 0 Å². The minimum Gasteiger partial charge on any atom is -0.504 e. The highest BCUT2D eigenvalue weighted by molar-refractivity contribution is 7.89. The highest BCUT2D eigenvalue weighted by Gasteiger charge is 2.14. The van der Waals surface area contributed by atoms with Gasteiger partial charge in [-0.15, -0.1) is 0 Å². The van der Waals surface area contributed by atoms with Crippen LogP contribution >= 0.6 is 0 Å². The summed E-state index contributed by atoms with van der Waals surface area (Å²) in [4.78, 5) is 2.40. The van der Waals surface area contributed by atoms with Gasteiger partial charge in [-0.25, -0.2) is 0 Å². The van der Waals surface area contributed by atoms with Crippen LogP contribution in [0.3, 0.4) is 0 Å². The average molecular weight is 376 g/mol. The number of rotatable bonds is 7. The van der Waals surface area contributed by atoms with Gasteiger partial charge in [-0.3, -0.25) is 0 Å². The summed E-state index contributed by atoms with van der Waals surface area (Å²) in [6, 6.07) is 11.5. The van der Waals surface area contributed by atoms with Crippen molar-refractivity contribution in [1.82, 2.24) is 4.83 Å². The van der Waals surface area contributed by atoms with Gasteiger partial charge in [0.25, 0.3) is 10.0 Å². The number of phenols is 1. The number of benzene rings is 2. The summed E-state index contributed by atoms with van der Waals surface area (Å²) < 4.78 is 29.9. The van der Waals surface area contributed by atoms with E-state index in [9.17, 15) is 13.5 Å². The SMILES string of the molecule is CC[C@@H](C)c1ccc(S(=O)(=O)N/N=C(/C)c2ccc(O)c(OC)c2)cc1. The van der Waals surface area contributed by atoms with E-state index in [0.717, 1.165) is 12.0 Å². The molecule has 0 amide bonds. The topological polar surface area (TPSA) is 88.0 Å². The predicted octanol–water partition coefficient (Wildman–Crippen LogP) is 3.62. The molecule has 140 valence electrons. The van der Waals surface area contributed by atoms with E-state index in [-0.39, 0.29) is 10.6 Å². The lowest BCUT2D eigenvalue weighted by Gasteiger charge is -2.10. The molecule has 6 nitrogen and oxygen atoms in total. The zero-order valence-corrected chi connectivity index (χ0v) is 16.2. The minimum absolute atomic E-state index is 0.00558. The second-order valence-corrected chi connectivity index (χ2v) is 7.72. The van der Waals surface area contributed by atoms with Crippen LogP contribution in [0, 0.1) is 0 Å². The Hall–Kier alpha value is -2.54. The Morgan fingerprint density at radius 2 is 1.88 bits per heavy atom. The zero-order chi connectivity index (χ0) is 19.3. The Bertz CT molecular complexity index is 890. The van der Waals surface area contributed by atoms with Crippen LogP contribution in [0.2, 0.25) is 0 Å². The maximum Gasteiger partial charge on any atom is 0.276 e. The maximum absolute atomic E-state index is 12.4. The number of phenolic OH excluding ortho intramolecular Hbond substituents is 1. The molecule has 0 aliphatic carbocycles. The number of sulfonamides is 1. The van der Waals surface area contributed by atoms with E-state index in [2.05, 4.69) is 23.8 Å². The smallest absolute Gasteiger partial charge is 0.276 e. The van der Waals surface area contributed by atoms with E-state index in [1.165, 1.54) is 13.2 Å². The van der Waals surface area contributed by atoms with Crippen molar-refractivity contribution in [2.45, 2.75) is 38.0 Å². The Balaban J connectivity index is 2.19. The van der Waals surface area contributed by atoms with Gasteiger partial charge in [0.1, 0.15) is 0 Å². The molecule has 0 bridgehead atoms. The Kier molecular flexibility index (Phi) is 6.26. The van der Waals surface area contributed by atoms with Crippen LogP contribution in [0.1, 0.15) is 44.2 Å². The minimum atomic E-state index is -3.75. The number of methoxy groups -OCH3 is 1. The maximum atomic E-state index is 12.4. The summed E-state index contributed by atoms with van der Waals surface area (Å²) >= 11 is 0. The van der Waals surface area contributed by atoms with E-state index < -0.39 is 10.0 Å². The third kappa shape index (κ3) is 4.54. The van der Waals surface area contributed by atoms with Crippen LogP contribution in [0.4, 0.5) is 0 Å². The largest absolute Gasteiger partial charge is 0.504 e. The molecule has 0 heterocycles. The first-order valence-corrected chi connectivity index (χ1v) is 9.80. The monoisotopic (exact) mass is 376 g/mol. The molecule has 0 spiro atoms. The molecule has 2 rings (SSSR count). The fourth-order valence-corrected chi connectivity index (χ4v) is 3.22. The summed E-state index contributed by atoms with van der Waals surface area (Å²) in [5.74, 6) is 0.677. The van der Waals surface area contributed by atoms with Gasteiger partial charge < -0.3 is 9.84 Å². The number of hydrogen-bond acceptors (Lipinski definition) is 5. The van der Waals surface area contributed by atoms with Gasteiger partial charge in [0.15, 0.2) is 11.5 Å². The normalized spacial score (nSPS) is 13.3. The van der Waals surface area contributed by atoms with E-state index >= 15 is 0 Å². The molecule has 1 atom stereocenters. The molecule has 0 aliphatic heterocycles. The summed E-state index contributed by atoms with van der Waals surface area (Å²) in [6.07, 6.45) is 0.990. The van der Waals surface area contributed by atoms with Crippen LogP contribution in [0.25, 0.3) is 0 Å². The summed E-state index contributed by atoms with van der Waals surface area (Å²) in [7, 11) is -2.31. The first-order valence-electron chi connectivity index (χ1n) is 8.32. The molecule has 0 saturated carbocycles. The highest BCUT2D eigenvalue weighted by Crippen LogP contribution is 2.26. The molecule has 7 heteroatoms. The van der Waals surface area contributed by atoms with Crippen LogP contribution in [-0.4, -0.2) is 26.3 Å². The van der Waals surface area contributed by atoms with Crippen molar-refractivity contribution in [3.63, 3.8) is 0 Å². The molecule has 0 unspecified atom stereocenters. The zero-order valence-electron chi connectivity index (χ0n) is 15.4. The van der Waals surface area contributed by atoms with Crippen molar-refractivity contribution in [1.29, 1.82) is 0 Å². The van der Waals surface area contributed by atoms with Gasteiger partial charge in [-0.2, -0.15) is 18.4 Å². The summed E-state index contributed by atoms with van der Waals surface area (Å²) in [5.41, 5.74) is 2.18. The molecule has 2 N–H and O–H groups in total. The molecule has 0 radical (unpaired) electrons. The third-order valence-corrected chi connectivity index (χ3v) is 5.53. The van der Waals surface area contributed by atoms with Gasteiger partial charge in [-0.1, -0.05) is 26.0 Å². The molecule has 0 saturated heterocycles. The van der Waals surface area contributed by atoms with Crippen molar-refractivity contribution in [3.8, 4) is 11.5 Å². The predicted molar refractivity (Wildman–Crippen MR) is 102 cm³/mol. The fourth-order valence-electron chi connectivity index (χ4n) is 2.36. The van der Waals surface area contributed by atoms with Crippen molar-refractivity contribution in [2.75, 3.05) is 7.11 Å². The van der Waals surface area contributed by atoms with E-state index in [1.807, 2.05) is 12.1 Å². The Morgan fingerprint density at radius 1 is 1.23 bits per heavy atom. The lowest BCUT2D eigenvalue weighted by molar-refractivity contribution is 0.373. The van der Waals surface area contributed by atoms with Crippen molar-refractivity contribution >= 4 is 15.7 Å². The molecule has 2 aromatic carbocycles. The molecule has 0 aliphatic rings. The summed E-state index contributed by atoms with van der Waals surface area (Å²) in [5, 5.41) is 13.6. The van der Waals surface area contributed by atoms with Crippen LogP contribution in [0.15, 0.2) is 52.5 Å². The molecule has 2 aromatic rings. The lowest BCUT2D eigenvalue weighted by atomic mass is 9.99. The second kappa shape index (κ2) is 8.23. The quantitative estimate of drug-likeness (QED) is 0.571. The average Bonchev–Trinajstić information content (AvgIpc) is 2.66. The van der Waals surface area contributed by atoms with Gasteiger partial charge in [0, 0.05) is 5.56 Å². The Morgan fingerprint density at radius 3 is 2.46 bits per heavy atom. The lowest BCUT2D eigenvalue weighted by Crippen LogP contribution is -2.20. The second-order valence-electron chi connectivity index (χ2n) is 6.06. The number of ether oxygens (including phenoxy) is 1. The molecule has 0 fully saturated rings. The van der Waals surface area contributed by atoms with E-state index in [1.54, 1.807) is 31.2 Å². The molecule has 26 heavy (non-hydrogen) atoms. The summed E-state index contributed by atoms with van der Waals surface area (Å²) in [6.45, 7) is 5.86. The van der Waals surface area contributed by atoms with Crippen LogP contribution in [-0.2, 0) is 10.0 Å². The van der Waals surface area contributed by atoms with Crippen LogP contribution in [0.5, 0.6) is 11.5 Å². The molecule has 0 aromatic heterocycles. The van der Waals surface area contributed by atoms with Gasteiger partial charge in [-0.05, 0) is 55.2 Å². The number of nitrogens with one attached hydrogen (secondary N) is 1. The van der Waals surface area contributed by atoms with Gasteiger partial charge in [0.05, 0.1) is 17.7 Å². The highest BCUT2D eigenvalue weighted by atomic mass is 32.2. The standard InChI is InChI=1S/C19H24N2O4S/c1-5-13(2)15-6-9-17(10-7-15)26(23,24)21-20-14(3)16-8-11-18(22)19(12-16)25-4/h6-13,21-22H,5H2,1-4H3/b20-14-/t13-/m1/s1. The van der Waals surface area contributed by atoms with E-state index in [0.29, 0.717) is 22.9 Å². The van der Waals surface area contributed by atoms with Gasteiger partial charge >= 0.3 is 0 Å². The fraction of sp³-hybridized carbons (Fsp3) is 0.316. The molecular formula is C19H24N2O4S. The Labute approximate surface area is 154 Å². The first-order chi connectivity index (χ1) is 12.3. The van der Waals surface area contributed by atoms with E-state index in [4.69, 9.17) is 4.74 Å². The van der Waals surface area contributed by atoms with Crippen molar-refractivity contribution < 1.29 is 18.3 Å². The van der Waals surface area contributed by atoms with Crippen molar-refractivity contribution in [2.24, 2.45) is 5.10 Å². The number of hydrogen-bond donors (Lipinski definition) is 2. The number of hydrazone groups is 1.